The number of hydrogen-bond donors (Lipinski definition) is 0. The van der Waals surface area contributed by atoms with E-state index in [1.807, 2.05) is 30.3 Å². The van der Waals surface area contributed by atoms with Crippen molar-refractivity contribution in [3.05, 3.63) is 114 Å². The molecule has 3 aromatic carbocycles. The maximum absolute atomic E-state index is 13.0. The predicted octanol–water partition coefficient (Wildman–Crippen LogP) is 6.96. The number of halogens is 3. The van der Waals surface area contributed by atoms with Crippen LogP contribution in [0.3, 0.4) is 0 Å². The lowest BCUT2D eigenvalue weighted by molar-refractivity contribution is -0.137. The number of benzene rings is 3. The Hall–Kier alpha value is -4.63. The van der Waals surface area contributed by atoms with Gasteiger partial charge in [0.2, 0.25) is 0 Å². The number of methoxy groups -OCH3 is 1. The van der Waals surface area contributed by atoms with Crippen LogP contribution in [0.1, 0.15) is 27.2 Å². The van der Waals surface area contributed by atoms with Gasteiger partial charge in [0, 0.05) is 50.0 Å². The monoisotopic (exact) mass is 584 g/mol. The first-order valence-corrected chi connectivity index (χ1v) is 14.1. The molecule has 0 atom stereocenters. The summed E-state index contributed by atoms with van der Waals surface area (Å²) in [7, 11) is 1.64. The minimum atomic E-state index is -4.43. The number of rotatable bonds is 6. The number of pyridine rings is 1. The van der Waals surface area contributed by atoms with E-state index >= 15 is 0 Å². The fraction of sp³-hybridized carbons (Fsp3) is 0.235. The number of ether oxygens (including phenoxy) is 1. The Morgan fingerprint density at radius 2 is 1.56 bits per heavy atom. The molecular formula is C34H31F3N4O2. The van der Waals surface area contributed by atoms with Crippen LogP contribution in [-0.2, 0) is 12.7 Å². The van der Waals surface area contributed by atoms with Crippen molar-refractivity contribution in [2.45, 2.75) is 19.6 Å². The van der Waals surface area contributed by atoms with Crippen LogP contribution in [0.4, 0.5) is 13.2 Å². The van der Waals surface area contributed by atoms with Crippen molar-refractivity contribution in [1.29, 1.82) is 0 Å². The zero-order valence-electron chi connectivity index (χ0n) is 23.9. The second-order valence-corrected chi connectivity index (χ2v) is 10.8. The predicted molar refractivity (Wildman–Crippen MR) is 160 cm³/mol. The van der Waals surface area contributed by atoms with Gasteiger partial charge in [0.05, 0.1) is 24.1 Å². The minimum absolute atomic E-state index is 0.258. The van der Waals surface area contributed by atoms with Gasteiger partial charge in [-0.3, -0.25) is 9.69 Å². The molecule has 1 fully saturated rings. The molecule has 0 saturated carbocycles. The first-order valence-electron chi connectivity index (χ1n) is 14.1. The average Bonchev–Trinajstić information content (AvgIpc) is 3.38. The van der Waals surface area contributed by atoms with Crippen LogP contribution >= 0.6 is 0 Å². The lowest BCUT2D eigenvalue weighted by Crippen LogP contribution is -2.48. The molecule has 1 saturated heterocycles. The van der Waals surface area contributed by atoms with E-state index in [2.05, 4.69) is 52.8 Å². The highest BCUT2D eigenvalue weighted by molar-refractivity contribution is 5.94. The van der Waals surface area contributed by atoms with Gasteiger partial charge in [0.1, 0.15) is 11.4 Å². The van der Waals surface area contributed by atoms with Crippen LogP contribution in [-0.4, -0.2) is 58.4 Å². The Morgan fingerprint density at radius 1 is 0.860 bits per heavy atom. The third-order valence-electron chi connectivity index (χ3n) is 7.92. The smallest absolute Gasteiger partial charge is 0.416 e. The van der Waals surface area contributed by atoms with E-state index in [-0.39, 0.29) is 11.5 Å². The molecule has 0 N–H and O–H groups in total. The summed E-state index contributed by atoms with van der Waals surface area (Å²) in [5, 5.41) is 0. The van der Waals surface area contributed by atoms with Crippen molar-refractivity contribution in [3.8, 4) is 28.1 Å². The summed E-state index contributed by atoms with van der Waals surface area (Å²) in [6.07, 6.45) is -2.31. The molecule has 6 rings (SSSR count). The standard InChI is InChI=1S/C34H31F3N4O2/c1-23-4-3-5-26(20-23)27-10-15-31-38-32(24-8-13-29(43-2)14-9-24)30(41(31)21-27)22-39-16-18-40(19-17-39)33(42)25-6-11-28(12-7-25)34(35,36)37/h3-15,20-21H,16-19,22H2,1-2H3. The summed E-state index contributed by atoms with van der Waals surface area (Å²) in [5.41, 5.74) is 6.64. The summed E-state index contributed by atoms with van der Waals surface area (Å²) in [4.78, 5) is 22.0. The van der Waals surface area contributed by atoms with Gasteiger partial charge in [0.15, 0.2) is 0 Å². The molecule has 220 valence electrons. The summed E-state index contributed by atoms with van der Waals surface area (Å²) in [6, 6.07) is 24.8. The Morgan fingerprint density at radius 3 is 2.21 bits per heavy atom. The van der Waals surface area contributed by atoms with Crippen molar-refractivity contribution in [1.82, 2.24) is 19.2 Å². The number of piperazine rings is 1. The molecule has 1 aliphatic rings. The first kappa shape index (κ1) is 28.5. The zero-order chi connectivity index (χ0) is 30.1. The second kappa shape index (κ2) is 11.6. The highest BCUT2D eigenvalue weighted by Gasteiger charge is 2.31. The van der Waals surface area contributed by atoms with Crippen LogP contribution in [0.5, 0.6) is 5.75 Å². The number of carbonyl (C=O) groups excluding carboxylic acids is 1. The number of hydrogen-bond acceptors (Lipinski definition) is 4. The molecule has 43 heavy (non-hydrogen) atoms. The van der Waals surface area contributed by atoms with Gasteiger partial charge >= 0.3 is 6.18 Å². The maximum atomic E-state index is 13.0. The molecule has 3 heterocycles. The number of alkyl halides is 3. The van der Waals surface area contributed by atoms with Gasteiger partial charge in [0.25, 0.3) is 5.91 Å². The van der Waals surface area contributed by atoms with Crippen molar-refractivity contribution >= 4 is 11.6 Å². The van der Waals surface area contributed by atoms with E-state index in [4.69, 9.17) is 9.72 Å². The molecule has 0 aliphatic carbocycles. The normalized spacial score (nSPS) is 14.3. The molecule has 2 aromatic heterocycles. The molecule has 1 aliphatic heterocycles. The van der Waals surface area contributed by atoms with Gasteiger partial charge in [-0.05, 0) is 78.7 Å². The maximum Gasteiger partial charge on any atom is 0.416 e. The molecule has 6 nitrogen and oxygen atoms in total. The highest BCUT2D eigenvalue weighted by atomic mass is 19.4. The molecule has 0 bridgehead atoms. The van der Waals surface area contributed by atoms with Gasteiger partial charge < -0.3 is 14.0 Å². The topological polar surface area (TPSA) is 50.1 Å². The minimum Gasteiger partial charge on any atom is -0.497 e. The van der Waals surface area contributed by atoms with E-state index < -0.39 is 11.7 Å². The molecule has 1 amide bonds. The van der Waals surface area contributed by atoms with E-state index in [0.717, 1.165) is 51.6 Å². The van der Waals surface area contributed by atoms with Gasteiger partial charge in [-0.15, -0.1) is 0 Å². The zero-order valence-corrected chi connectivity index (χ0v) is 23.9. The third kappa shape index (κ3) is 5.99. The SMILES string of the molecule is COc1ccc(-c2nc3ccc(-c4cccc(C)c4)cn3c2CN2CCN(C(=O)c3ccc(C(F)(F)F)cc3)CC2)cc1. The summed E-state index contributed by atoms with van der Waals surface area (Å²) in [5.74, 6) is 0.509. The second-order valence-electron chi connectivity index (χ2n) is 10.8. The van der Waals surface area contributed by atoms with E-state index in [1.54, 1.807) is 12.0 Å². The average molecular weight is 585 g/mol. The lowest BCUT2D eigenvalue weighted by Gasteiger charge is -2.34. The Kier molecular flexibility index (Phi) is 7.66. The number of imidazole rings is 1. The highest BCUT2D eigenvalue weighted by Crippen LogP contribution is 2.31. The van der Waals surface area contributed by atoms with Crippen LogP contribution in [0.25, 0.3) is 28.0 Å². The van der Waals surface area contributed by atoms with Crippen LogP contribution in [0.15, 0.2) is 91.1 Å². The van der Waals surface area contributed by atoms with E-state index in [9.17, 15) is 18.0 Å². The number of aryl methyl sites for hydroxylation is 1. The Balaban J connectivity index is 1.26. The number of aromatic nitrogens is 2. The van der Waals surface area contributed by atoms with Gasteiger partial charge in [-0.25, -0.2) is 4.98 Å². The first-order chi connectivity index (χ1) is 20.7. The summed E-state index contributed by atoms with van der Waals surface area (Å²) in [6.45, 7) is 4.89. The third-order valence-corrected chi connectivity index (χ3v) is 7.92. The Labute approximate surface area is 248 Å². The number of amides is 1. The van der Waals surface area contributed by atoms with Crippen molar-refractivity contribution in [2.75, 3.05) is 33.3 Å². The van der Waals surface area contributed by atoms with Gasteiger partial charge in [-0.1, -0.05) is 29.8 Å². The van der Waals surface area contributed by atoms with Crippen LogP contribution in [0, 0.1) is 6.92 Å². The van der Waals surface area contributed by atoms with Gasteiger partial charge in [-0.2, -0.15) is 13.2 Å². The van der Waals surface area contributed by atoms with E-state index in [1.165, 1.54) is 17.7 Å². The molecule has 5 aromatic rings. The number of fused-ring (bicyclic) bond motifs is 1. The van der Waals surface area contributed by atoms with Crippen LogP contribution in [0.2, 0.25) is 0 Å². The fourth-order valence-electron chi connectivity index (χ4n) is 5.53. The van der Waals surface area contributed by atoms with Crippen molar-refractivity contribution in [3.63, 3.8) is 0 Å². The van der Waals surface area contributed by atoms with Crippen LogP contribution < -0.4 is 4.74 Å². The fourth-order valence-corrected chi connectivity index (χ4v) is 5.53. The summed E-state index contributed by atoms with van der Waals surface area (Å²) >= 11 is 0. The number of nitrogens with zero attached hydrogens (tertiary/aromatic N) is 4. The Bertz CT molecular complexity index is 1750. The quantitative estimate of drug-likeness (QED) is 0.217. The molecule has 0 unspecified atom stereocenters. The van der Waals surface area contributed by atoms with E-state index in [0.29, 0.717) is 32.7 Å². The molecular weight excluding hydrogens is 553 g/mol. The molecule has 0 spiro atoms. The lowest BCUT2D eigenvalue weighted by atomic mass is 10.1. The number of carbonyl (C=O) groups is 1. The molecule has 0 radical (unpaired) electrons. The van der Waals surface area contributed by atoms with Crippen molar-refractivity contribution < 1.29 is 22.7 Å². The molecule has 9 heteroatoms. The summed E-state index contributed by atoms with van der Waals surface area (Å²) < 4.78 is 46.4. The van der Waals surface area contributed by atoms with Crippen molar-refractivity contribution in [2.24, 2.45) is 0 Å². The largest absolute Gasteiger partial charge is 0.497 e.